The van der Waals surface area contributed by atoms with Crippen molar-refractivity contribution in [2.45, 2.75) is 12.6 Å². The molecule has 0 aromatic carbocycles. The van der Waals surface area contributed by atoms with Crippen LogP contribution in [0.1, 0.15) is 16.4 Å². The van der Waals surface area contributed by atoms with Crippen LogP contribution in [-0.4, -0.2) is 31.4 Å². The summed E-state index contributed by atoms with van der Waals surface area (Å²) in [7, 11) is 0. The van der Waals surface area contributed by atoms with E-state index in [4.69, 9.17) is 11.5 Å². The zero-order valence-electron chi connectivity index (χ0n) is 12.4. The van der Waals surface area contributed by atoms with E-state index in [1.165, 1.54) is 34.1 Å². The second-order valence-electron chi connectivity index (χ2n) is 5.07. The number of rotatable bonds is 5. The highest BCUT2D eigenvalue weighted by molar-refractivity contribution is 5.92. The summed E-state index contributed by atoms with van der Waals surface area (Å²) in [6, 6.07) is 2.02. The van der Waals surface area contributed by atoms with Crippen molar-refractivity contribution in [2.24, 2.45) is 5.73 Å². The number of fused-ring (bicyclic) bond motifs is 1. The molecule has 0 radical (unpaired) electrons. The summed E-state index contributed by atoms with van der Waals surface area (Å²) in [6.07, 6.45) is 5.61. The first-order valence-electron chi connectivity index (χ1n) is 6.90. The standard InChI is InChI=1S/C14H13N7O3/c15-11-10-13(18-6-17-11)21(7-19-10)9(14(23)24)5-20-3-1-2-8(4-20)12(16)22/h1-4,6-7,9H,5H2,(H4-,15,16,17,18,22,23,24)/t9-/m1/s1. The molecule has 0 spiro atoms. The van der Waals surface area contributed by atoms with Crippen molar-refractivity contribution in [3.05, 3.63) is 42.7 Å². The summed E-state index contributed by atoms with van der Waals surface area (Å²) in [5.74, 6) is -1.79. The molecule has 1 atom stereocenters. The van der Waals surface area contributed by atoms with Crippen LogP contribution in [0.25, 0.3) is 11.2 Å². The molecule has 10 heteroatoms. The Labute approximate surface area is 135 Å². The van der Waals surface area contributed by atoms with E-state index in [9.17, 15) is 14.7 Å². The topological polar surface area (TPSA) is 157 Å². The van der Waals surface area contributed by atoms with Crippen LogP contribution in [0.2, 0.25) is 0 Å². The van der Waals surface area contributed by atoms with Gasteiger partial charge < -0.3 is 21.4 Å². The highest BCUT2D eigenvalue weighted by Gasteiger charge is 2.22. The number of carbonyl (C=O) groups is 2. The molecule has 3 aromatic heterocycles. The summed E-state index contributed by atoms with van der Waals surface area (Å²) in [4.78, 5) is 34.7. The Morgan fingerprint density at radius 3 is 2.83 bits per heavy atom. The van der Waals surface area contributed by atoms with Gasteiger partial charge in [-0.2, -0.15) is 0 Å². The van der Waals surface area contributed by atoms with Crippen molar-refractivity contribution in [3.63, 3.8) is 0 Å². The van der Waals surface area contributed by atoms with E-state index >= 15 is 0 Å². The van der Waals surface area contributed by atoms with Crippen LogP contribution in [-0.2, 0) is 11.3 Å². The molecule has 0 aliphatic heterocycles. The molecule has 1 amide bonds. The first-order valence-corrected chi connectivity index (χ1v) is 6.90. The number of aliphatic carboxylic acids is 1. The van der Waals surface area contributed by atoms with Crippen LogP contribution in [0.3, 0.4) is 0 Å². The van der Waals surface area contributed by atoms with Crippen molar-refractivity contribution in [1.82, 2.24) is 19.5 Å². The van der Waals surface area contributed by atoms with Crippen LogP contribution in [0.5, 0.6) is 0 Å². The minimum absolute atomic E-state index is 0.0151. The Hall–Kier alpha value is -3.56. The Morgan fingerprint density at radius 2 is 2.12 bits per heavy atom. The van der Waals surface area contributed by atoms with Crippen molar-refractivity contribution in [2.75, 3.05) is 5.73 Å². The number of nitrogen functional groups attached to an aromatic ring is 1. The predicted octanol–water partition coefficient (Wildman–Crippen LogP) is -2.21. The highest BCUT2D eigenvalue weighted by Crippen LogP contribution is 2.18. The zero-order chi connectivity index (χ0) is 17.3. The molecule has 122 valence electrons. The summed E-state index contributed by atoms with van der Waals surface area (Å²) < 4.78 is 2.86. The zero-order valence-corrected chi connectivity index (χ0v) is 12.4. The average Bonchev–Trinajstić information content (AvgIpc) is 2.98. The number of hydrogen-bond donors (Lipinski definition) is 2. The van der Waals surface area contributed by atoms with E-state index in [2.05, 4.69) is 15.0 Å². The number of carboxylic acids is 1. The van der Waals surface area contributed by atoms with Crippen LogP contribution >= 0.6 is 0 Å². The molecule has 0 saturated carbocycles. The first-order chi connectivity index (χ1) is 11.5. The molecule has 4 N–H and O–H groups in total. The maximum Gasteiger partial charge on any atom is 0.254 e. The summed E-state index contributed by atoms with van der Waals surface area (Å²) in [5, 5.41) is 11.6. The molecule has 0 aliphatic carbocycles. The van der Waals surface area contributed by atoms with Gasteiger partial charge in [-0.25, -0.2) is 19.5 Å². The van der Waals surface area contributed by atoms with Crippen molar-refractivity contribution >= 4 is 28.9 Å². The summed E-state index contributed by atoms with van der Waals surface area (Å²) in [5.41, 5.74) is 11.8. The quantitative estimate of drug-likeness (QED) is 0.503. The Bertz CT molecular complexity index is 937. The minimum atomic E-state index is -1.33. The number of nitrogens with two attached hydrogens (primary N) is 2. The lowest BCUT2D eigenvalue weighted by Gasteiger charge is -2.17. The highest BCUT2D eigenvalue weighted by atomic mass is 16.4. The van der Waals surface area contributed by atoms with Gasteiger partial charge in [0.1, 0.15) is 23.4 Å². The molecule has 3 heterocycles. The van der Waals surface area contributed by atoms with Crippen molar-refractivity contribution in [1.29, 1.82) is 0 Å². The van der Waals surface area contributed by atoms with Gasteiger partial charge >= 0.3 is 0 Å². The number of anilines is 1. The maximum absolute atomic E-state index is 11.6. The number of nitrogens with zero attached hydrogens (tertiary/aromatic N) is 5. The van der Waals surface area contributed by atoms with Gasteiger partial charge in [-0.1, -0.05) is 0 Å². The number of imidazole rings is 1. The van der Waals surface area contributed by atoms with E-state index in [1.807, 2.05) is 0 Å². The number of hydrogen-bond acceptors (Lipinski definition) is 7. The van der Waals surface area contributed by atoms with Gasteiger partial charge in [-0.15, -0.1) is 0 Å². The van der Waals surface area contributed by atoms with Gasteiger partial charge in [-0.3, -0.25) is 9.36 Å². The van der Waals surface area contributed by atoms with Gasteiger partial charge in [0.05, 0.1) is 12.3 Å². The normalized spacial score (nSPS) is 12.2. The van der Waals surface area contributed by atoms with Crippen LogP contribution in [0.15, 0.2) is 37.2 Å². The number of aromatic nitrogens is 5. The fourth-order valence-corrected chi connectivity index (χ4v) is 2.36. The third kappa shape index (κ3) is 2.72. The Kier molecular flexibility index (Phi) is 3.78. The molecule has 24 heavy (non-hydrogen) atoms. The van der Waals surface area contributed by atoms with E-state index in [0.717, 1.165) is 0 Å². The number of carboxylic acid groups (broad SMARTS) is 1. The SMILES string of the molecule is NC(=O)c1ccc[n+](C[C@H](C(=O)[O-])n2cnc3c(N)ncnc32)c1. The average molecular weight is 327 g/mol. The number of pyridine rings is 1. The fourth-order valence-electron chi connectivity index (χ4n) is 2.36. The fraction of sp³-hybridized carbons (Fsp3) is 0.143. The molecule has 3 aromatic rings. The molecular formula is C14H13N7O3. The van der Waals surface area contributed by atoms with Gasteiger partial charge in [0, 0.05) is 6.07 Å². The smallest absolute Gasteiger partial charge is 0.254 e. The van der Waals surface area contributed by atoms with E-state index in [0.29, 0.717) is 5.52 Å². The molecular weight excluding hydrogens is 314 g/mol. The lowest BCUT2D eigenvalue weighted by Crippen LogP contribution is -2.45. The number of amides is 1. The third-order valence-electron chi connectivity index (χ3n) is 3.52. The number of carbonyl (C=O) groups excluding carboxylic acids is 2. The van der Waals surface area contributed by atoms with Gasteiger partial charge in [0.2, 0.25) is 0 Å². The second-order valence-corrected chi connectivity index (χ2v) is 5.07. The van der Waals surface area contributed by atoms with Crippen molar-refractivity contribution in [3.8, 4) is 0 Å². The van der Waals surface area contributed by atoms with E-state index in [-0.39, 0.29) is 23.6 Å². The second kappa shape index (κ2) is 5.91. The maximum atomic E-state index is 11.6. The molecule has 0 bridgehead atoms. The van der Waals surface area contributed by atoms with Gasteiger partial charge in [0.25, 0.3) is 5.91 Å². The monoisotopic (exact) mass is 327 g/mol. The van der Waals surface area contributed by atoms with Crippen LogP contribution in [0, 0.1) is 0 Å². The van der Waals surface area contributed by atoms with Gasteiger partial charge in [-0.05, 0) is 6.07 Å². The Morgan fingerprint density at radius 1 is 1.33 bits per heavy atom. The first kappa shape index (κ1) is 15.3. The molecule has 0 saturated heterocycles. The van der Waals surface area contributed by atoms with E-state index < -0.39 is 17.9 Å². The third-order valence-corrected chi connectivity index (χ3v) is 3.52. The van der Waals surface area contributed by atoms with Crippen LogP contribution in [0.4, 0.5) is 5.82 Å². The van der Waals surface area contributed by atoms with Crippen LogP contribution < -0.4 is 21.1 Å². The minimum Gasteiger partial charge on any atom is -0.548 e. The largest absolute Gasteiger partial charge is 0.548 e. The number of primary amides is 1. The van der Waals surface area contributed by atoms with E-state index in [1.54, 1.807) is 12.3 Å². The lowest BCUT2D eigenvalue weighted by molar-refractivity contribution is -0.700. The molecule has 0 aliphatic rings. The lowest BCUT2D eigenvalue weighted by atomic mass is 10.2. The van der Waals surface area contributed by atoms with Gasteiger partial charge in [0.15, 0.2) is 30.4 Å². The molecule has 3 rings (SSSR count). The molecule has 10 nitrogen and oxygen atoms in total. The Balaban J connectivity index is 2.01. The van der Waals surface area contributed by atoms with Crippen molar-refractivity contribution < 1.29 is 19.3 Å². The molecule has 0 fully saturated rings. The summed E-state index contributed by atoms with van der Waals surface area (Å²) in [6.45, 7) is -0.0151. The summed E-state index contributed by atoms with van der Waals surface area (Å²) >= 11 is 0. The predicted molar refractivity (Wildman–Crippen MR) is 78.9 cm³/mol. The molecule has 0 unspecified atom stereocenters.